The number of benzene rings is 1. The number of hydrogen-bond donors (Lipinski definition) is 1. The van der Waals surface area contributed by atoms with Gasteiger partial charge in [-0.05, 0) is 53.2 Å². The van der Waals surface area contributed by atoms with Gasteiger partial charge in [0.05, 0.1) is 0 Å². The number of rotatable bonds is 2. The van der Waals surface area contributed by atoms with Crippen LogP contribution in [0.5, 0.6) is 0 Å². The van der Waals surface area contributed by atoms with E-state index in [1.165, 1.54) is 22.3 Å². The third kappa shape index (κ3) is 2.01. The van der Waals surface area contributed by atoms with E-state index in [-0.39, 0.29) is 5.41 Å². The Kier molecular flexibility index (Phi) is 3.16. The van der Waals surface area contributed by atoms with Crippen molar-refractivity contribution in [3.8, 4) is 0 Å². The van der Waals surface area contributed by atoms with Crippen molar-refractivity contribution in [1.82, 2.24) is 0 Å². The number of hydrogen-bond acceptors (Lipinski definition) is 1. The van der Waals surface area contributed by atoms with Gasteiger partial charge in [0, 0.05) is 5.69 Å². The topological polar surface area (TPSA) is 26.0 Å². The Labute approximate surface area is 110 Å². The van der Waals surface area contributed by atoms with E-state index in [0.29, 0.717) is 0 Å². The summed E-state index contributed by atoms with van der Waals surface area (Å²) < 4.78 is 0. The molecule has 0 fully saturated rings. The quantitative estimate of drug-likeness (QED) is 0.757. The minimum Gasteiger partial charge on any atom is -0.399 e. The summed E-state index contributed by atoms with van der Waals surface area (Å²) in [7, 11) is 0. The molecule has 2 rings (SSSR count). The molecule has 0 spiro atoms. The summed E-state index contributed by atoms with van der Waals surface area (Å²) in [5.74, 6) is 0. The van der Waals surface area contributed by atoms with Gasteiger partial charge in [-0.15, -0.1) is 0 Å². The van der Waals surface area contributed by atoms with E-state index in [1.807, 2.05) is 19.1 Å². The van der Waals surface area contributed by atoms with E-state index in [1.54, 1.807) is 0 Å². The highest BCUT2D eigenvalue weighted by molar-refractivity contribution is 5.84. The van der Waals surface area contributed by atoms with Crippen molar-refractivity contribution in [2.24, 2.45) is 0 Å². The Morgan fingerprint density at radius 3 is 2.67 bits per heavy atom. The first kappa shape index (κ1) is 12.7. The van der Waals surface area contributed by atoms with Crippen molar-refractivity contribution in [3.05, 3.63) is 59.7 Å². The van der Waals surface area contributed by atoms with Crippen LogP contribution < -0.4 is 5.73 Å². The molecule has 0 saturated heterocycles. The SMILES string of the molecule is C=CC1=C(/C=C\C)c2cc(N)ccc2C(C)(C)C1. The van der Waals surface area contributed by atoms with Crippen molar-refractivity contribution in [1.29, 1.82) is 0 Å². The summed E-state index contributed by atoms with van der Waals surface area (Å²) in [5.41, 5.74) is 12.1. The summed E-state index contributed by atoms with van der Waals surface area (Å²) in [6.45, 7) is 10.5. The predicted molar refractivity (Wildman–Crippen MR) is 80.4 cm³/mol. The number of nitrogens with two attached hydrogens (primary N) is 1. The van der Waals surface area contributed by atoms with Gasteiger partial charge in [0.15, 0.2) is 0 Å². The zero-order chi connectivity index (χ0) is 13.3. The Hall–Kier alpha value is -1.76. The van der Waals surface area contributed by atoms with Crippen LogP contribution in [0, 0.1) is 0 Å². The second-order valence-electron chi connectivity index (χ2n) is 5.51. The molecule has 1 aliphatic carbocycles. The normalized spacial score (nSPS) is 17.9. The predicted octanol–water partition coefficient (Wildman–Crippen LogP) is 4.47. The molecule has 94 valence electrons. The van der Waals surface area contributed by atoms with Crippen LogP contribution in [0.4, 0.5) is 5.69 Å². The van der Waals surface area contributed by atoms with Crippen molar-refractivity contribution in [2.45, 2.75) is 32.6 Å². The molecule has 0 unspecified atom stereocenters. The highest BCUT2D eigenvalue weighted by Crippen LogP contribution is 2.43. The molecule has 18 heavy (non-hydrogen) atoms. The van der Waals surface area contributed by atoms with Gasteiger partial charge in [-0.1, -0.05) is 44.7 Å². The fourth-order valence-electron chi connectivity index (χ4n) is 2.76. The first-order valence-corrected chi connectivity index (χ1v) is 6.38. The molecule has 1 nitrogen and oxygen atoms in total. The molecule has 1 heteroatoms. The summed E-state index contributed by atoms with van der Waals surface area (Å²) in [6, 6.07) is 6.23. The van der Waals surface area contributed by atoms with Gasteiger partial charge in [0.1, 0.15) is 0 Å². The maximum Gasteiger partial charge on any atom is 0.0320 e. The van der Waals surface area contributed by atoms with Gasteiger partial charge in [-0.2, -0.15) is 0 Å². The van der Waals surface area contributed by atoms with Gasteiger partial charge in [-0.3, -0.25) is 0 Å². The zero-order valence-corrected chi connectivity index (χ0v) is 11.5. The smallest absolute Gasteiger partial charge is 0.0320 e. The Morgan fingerprint density at radius 2 is 2.06 bits per heavy atom. The zero-order valence-electron chi connectivity index (χ0n) is 11.5. The Bertz CT molecular complexity index is 545. The first-order chi connectivity index (χ1) is 8.49. The lowest BCUT2D eigenvalue weighted by atomic mass is 9.70. The average Bonchev–Trinajstić information content (AvgIpc) is 2.32. The van der Waals surface area contributed by atoms with Gasteiger partial charge in [-0.25, -0.2) is 0 Å². The molecule has 0 saturated carbocycles. The fraction of sp³-hybridized carbons (Fsp3) is 0.294. The van der Waals surface area contributed by atoms with Crippen LogP contribution in [0.3, 0.4) is 0 Å². The van der Waals surface area contributed by atoms with Crippen LogP contribution in [0.1, 0.15) is 38.3 Å². The highest BCUT2D eigenvalue weighted by atomic mass is 14.5. The Morgan fingerprint density at radius 1 is 1.33 bits per heavy atom. The monoisotopic (exact) mass is 239 g/mol. The van der Waals surface area contributed by atoms with Crippen molar-refractivity contribution in [2.75, 3.05) is 5.73 Å². The number of anilines is 1. The molecule has 0 bridgehead atoms. The molecule has 1 aromatic carbocycles. The number of nitrogen functional groups attached to an aromatic ring is 1. The van der Waals surface area contributed by atoms with E-state index in [0.717, 1.165) is 12.1 Å². The summed E-state index contributed by atoms with van der Waals surface area (Å²) in [4.78, 5) is 0. The molecule has 1 aromatic rings. The van der Waals surface area contributed by atoms with Gasteiger partial charge in [0.25, 0.3) is 0 Å². The van der Waals surface area contributed by atoms with Gasteiger partial charge < -0.3 is 5.73 Å². The maximum atomic E-state index is 5.94. The van der Waals surface area contributed by atoms with Crippen molar-refractivity contribution < 1.29 is 0 Å². The molecule has 0 radical (unpaired) electrons. The lowest BCUT2D eigenvalue weighted by Crippen LogP contribution is -2.23. The molecule has 0 aromatic heterocycles. The minimum atomic E-state index is 0.137. The van der Waals surface area contributed by atoms with E-state index in [4.69, 9.17) is 5.73 Å². The third-order valence-electron chi connectivity index (χ3n) is 3.62. The van der Waals surface area contributed by atoms with Crippen LogP contribution in [0.2, 0.25) is 0 Å². The van der Waals surface area contributed by atoms with E-state index >= 15 is 0 Å². The first-order valence-electron chi connectivity index (χ1n) is 6.38. The number of fused-ring (bicyclic) bond motifs is 1. The largest absolute Gasteiger partial charge is 0.399 e. The van der Waals surface area contributed by atoms with Crippen molar-refractivity contribution >= 4 is 11.3 Å². The standard InChI is InChI=1S/C17H21N/c1-5-7-14-12(6-2)11-17(3,4)16-9-8-13(18)10-15(14)16/h5-10H,2,11,18H2,1,3-4H3/b7-5-. The molecular weight excluding hydrogens is 218 g/mol. The maximum absolute atomic E-state index is 5.94. The number of allylic oxidation sites excluding steroid dienone is 5. The molecule has 0 atom stereocenters. The van der Waals surface area contributed by atoms with Crippen LogP contribution in [0.15, 0.2) is 48.6 Å². The fourth-order valence-corrected chi connectivity index (χ4v) is 2.76. The second kappa shape index (κ2) is 4.49. The molecule has 2 N–H and O–H groups in total. The average molecular weight is 239 g/mol. The Balaban J connectivity index is 2.75. The van der Waals surface area contributed by atoms with E-state index in [9.17, 15) is 0 Å². The molecule has 0 amide bonds. The summed E-state index contributed by atoms with van der Waals surface area (Å²) in [5, 5.41) is 0. The van der Waals surface area contributed by atoms with Crippen molar-refractivity contribution in [3.63, 3.8) is 0 Å². The molecule has 0 heterocycles. The van der Waals surface area contributed by atoms with Crippen LogP contribution >= 0.6 is 0 Å². The van der Waals surface area contributed by atoms with E-state index < -0.39 is 0 Å². The molecular formula is C17H21N. The molecule has 1 aliphatic rings. The molecule has 0 aliphatic heterocycles. The third-order valence-corrected chi connectivity index (χ3v) is 3.62. The highest BCUT2D eigenvalue weighted by Gasteiger charge is 2.30. The van der Waals surface area contributed by atoms with Gasteiger partial charge in [0.2, 0.25) is 0 Å². The van der Waals surface area contributed by atoms with E-state index in [2.05, 4.69) is 44.7 Å². The van der Waals surface area contributed by atoms with Crippen LogP contribution in [0.25, 0.3) is 5.57 Å². The summed E-state index contributed by atoms with van der Waals surface area (Å²) >= 11 is 0. The lowest BCUT2D eigenvalue weighted by molar-refractivity contribution is 0.518. The second-order valence-corrected chi connectivity index (χ2v) is 5.51. The lowest BCUT2D eigenvalue weighted by Gasteiger charge is -2.34. The van der Waals surface area contributed by atoms with Crippen LogP contribution in [-0.4, -0.2) is 0 Å². The van der Waals surface area contributed by atoms with Gasteiger partial charge >= 0.3 is 0 Å². The minimum absolute atomic E-state index is 0.137. The summed E-state index contributed by atoms with van der Waals surface area (Å²) in [6.07, 6.45) is 7.23. The van der Waals surface area contributed by atoms with Crippen LogP contribution in [-0.2, 0) is 5.41 Å².